The van der Waals surface area contributed by atoms with Crippen LogP contribution in [0.5, 0.6) is 0 Å². The highest BCUT2D eigenvalue weighted by molar-refractivity contribution is 5.76. The molecule has 0 heterocycles. The van der Waals surface area contributed by atoms with Gasteiger partial charge in [0.15, 0.2) is 0 Å². The summed E-state index contributed by atoms with van der Waals surface area (Å²) < 4.78 is 5.50. The van der Waals surface area contributed by atoms with Crippen LogP contribution in [0.4, 0.5) is 0 Å². The summed E-state index contributed by atoms with van der Waals surface area (Å²) in [5.41, 5.74) is 0. The van der Waals surface area contributed by atoms with Crippen molar-refractivity contribution in [2.45, 2.75) is 386 Å². The molecule has 1 amide bonds. The first kappa shape index (κ1) is 70.6. The monoisotopic (exact) mass is 1020 g/mol. The lowest BCUT2D eigenvalue weighted by Crippen LogP contribution is -2.45. The molecule has 0 aromatic carbocycles. The summed E-state index contributed by atoms with van der Waals surface area (Å²) in [4.78, 5) is 24.6. The summed E-state index contributed by atoms with van der Waals surface area (Å²) in [6.45, 7) is 4.97. The van der Waals surface area contributed by atoms with Crippen LogP contribution in [0.25, 0.3) is 0 Å². The molecule has 0 aromatic rings. The maximum Gasteiger partial charge on any atom is 0.305 e. The zero-order valence-corrected chi connectivity index (χ0v) is 48.9. The van der Waals surface area contributed by atoms with Crippen LogP contribution in [0.15, 0.2) is 12.2 Å². The van der Waals surface area contributed by atoms with E-state index in [2.05, 4.69) is 31.3 Å². The van der Waals surface area contributed by atoms with Crippen LogP contribution in [-0.4, -0.2) is 47.4 Å². The van der Waals surface area contributed by atoms with E-state index in [0.717, 1.165) is 44.9 Å². The third-order valence-corrected chi connectivity index (χ3v) is 15.6. The van der Waals surface area contributed by atoms with E-state index in [-0.39, 0.29) is 18.5 Å². The Balaban J connectivity index is 3.41. The summed E-state index contributed by atoms with van der Waals surface area (Å²) in [6.07, 6.45) is 75.1. The van der Waals surface area contributed by atoms with Crippen molar-refractivity contribution in [1.82, 2.24) is 5.32 Å². The Bertz CT molecular complexity index is 1080. The maximum atomic E-state index is 12.5. The molecular formula is C66H129NO5. The molecule has 72 heavy (non-hydrogen) atoms. The van der Waals surface area contributed by atoms with E-state index in [1.165, 1.54) is 295 Å². The zero-order valence-electron chi connectivity index (χ0n) is 48.9. The van der Waals surface area contributed by atoms with Gasteiger partial charge in [-0.15, -0.1) is 0 Å². The number of hydrogen-bond acceptors (Lipinski definition) is 5. The van der Waals surface area contributed by atoms with Gasteiger partial charge in [0.25, 0.3) is 0 Å². The van der Waals surface area contributed by atoms with Gasteiger partial charge in [0.05, 0.1) is 25.4 Å². The summed E-state index contributed by atoms with van der Waals surface area (Å²) in [5.74, 6) is -0.0374. The van der Waals surface area contributed by atoms with Gasteiger partial charge in [-0.1, -0.05) is 321 Å². The second kappa shape index (κ2) is 62.1. The molecule has 0 rings (SSSR count). The summed E-state index contributed by atoms with van der Waals surface area (Å²) in [5, 5.41) is 23.4. The molecular weight excluding hydrogens is 887 g/mol. The number of aliphatic hydroxyl groups is 2. The van der Waals surface area contributed by atoms with E-state index in [1.54, 1.807) is 0 Å². The third kappa shape index (κ3) is 57.9. The number of ether oxygens (including phenoxy) is 1. The van der Waals surface area contributed by atoms with Gasteiger partial charge in [0.2, 0.25) is 5.91 Å². The number of unbranched alkanes of at least 4 members (excludes halogenated alkanes) is 49. The predicted molar refractivity (Wildman–Crippen MR) is 315 cm³/mol. The summed E-state index contributed by atoms with van der Waals surface area (Å²) in [7, 11) is 0. The van der Waals surface area contributed by atoms with Gasteiger partial charge < -0.3 is 20.3 Å². The number of rotatable bonds is 62. The molecule has 2 atom stereocenters. The van der Waals surface area contributed by atoms with Crippen LogP contribution in [0.3, 0.4) is 0 Å². The van der Waals surface area contributed by atoms with Crippen molar-refractivity contribution in [2.24, 2.45) is 0 Å². The van der Waals surface area contributed by atoms with Gasteiger partial charge in [-0.2, -0.15) is 0 Å². The first-order valence-corrected chi connectivity index (χ1v) is 32.9. The minimum atomic E-state index is -0.671. The minimum absolute atomic E-state index is 0.00169. The maximum absolute atomic E-state index is 12.5. The number of carbonyl (C=O) groups excluding carboxylic acids is 2. The lowest BCUT2D eigenvalue weighted by atomic mass is 10.0. The van der Waals surface area contributed by atoms with E-state index in [4.69, 9.17) is 4.74 Å². The van der Waals surface area contributed by atoms with E-state index in [0.29, 0.717) is 25.9 Å². The standard InChI is InChI=1S/C66H129NO5/c1-3-5-7-9-11-13-15-17-19-21-23-24-26-27-30-34-38-42-46-50-54-58-64(69)63(62-68)67-65(70)59-55-51-47-43-39-35-31-29-33-37-41-45-49-53-57-61-72-66(71)60-56-52-48-44-40-36-32-28-25-22-20-18-16-14-12-10-8-6-4-2/h18,20,63-64,68-69H,3-17,19,21-62H2,1-2H3,(H,67,70)/b20-18-. The number of allylic oxidation sites excluding steroid dienone is 2. The number of esters is 1. The molecule has 0 aliphatic rings. The Hall–Kier alpha value is -1.40. The molecule has 0 bridgehead atoms. The first-order valence-electron chi connectivity index (χ1n) is 32.9. The van der Waals surface area contributed by atoms with Crippen LogP contribution >= 0.6 is 0 Å². The number of hydrogen-bond donors (Lipinski definition) is 3. The number of carbonyl (C=O) groups is 2. The fourth-order valence-corrected chi connectivity index (χ4v) is 10.5. The molecule has 0 fully saturated rings. The minimum Gasteiger partial charge on any atom is -0.466 e. The lowest BCUT2D eigenvalue weighted by Gasteiger charge is -2.22. The van der Waals surface area contributed by atoms with Gasteiger partial charge in [-0.3, -0.25) is 9.59 Å². The molecule has 0 aromatic heterocycles. The van der Waals surface area contributed by atoms with Crippen molar-refractivity contribution < 1.29 is 24.5 Å². The number of aliphatic hydroxyl groups excluding tert-OH is 2. The van der Waals surface area contributed by atoms with E-state index < -0.39 is 12.1 Å². The van der Waals surface area contributed by atoms with E-state index >= 15 is 0 Å². The molecule has 0 saturated carbocycles. The van der Waals surface area contributed by atoms with Crippen LogP contribution in [0.2, 0.25) is 0 Å². The Morgan fingerprint density at radius 2 is 0.653 bits per heavy atom. The van der Waals surface area contributed by atoms with Crippen molar-refractivity contribution in [3.05, 3.63) is 12.2 Å². The zero-order chi connectivity index (χ0) is 52.2. The smallest absolute Gasteiger partial charge is 0.305 e. The highest BCUT2D eigenvalue weighted by Crippen LogP contribution is 2.19. The Labute approximate surface area is 450 Å². The van der Waals surface area contributed by atoms with Crippen molar-refractivity contribution in [2.75, 3.05) is 13.2 Å². The molecule has 0 aliphatic heterocycles. The van der Waals surface area contributed by atoms with Gasteiger partial charge >= 0.3 is 5.97 Å². The fourth-order valence-electron chi connectivity index (χ4n) is 10.5. The van der Waals surface area contributed by atoms with Gasteiger partial charge in [0.1, 0.15) is 0 Å². The van der Waals surface area contributed by atoms with Crippen molar-refractivity contribution >= 4 is 11.9 Å². The molecule has 6 nitrogen and oxygen atoms in total. The second-order valence-corrected chi connectivity index (χ2v) is 22.8. The van der Waals surface area contributed by atoms with Crippen LogP contribution in [0.1, 0.15) is 373 Å². The van der Waals surface area contributed by atoms with Crippen molar-refractivity contribution in [3.8, 4) is 0 Å². The Morgan fingerprint density at radius 1 is 0.375 bits per heavy atom. The van der Waals surface area contributed by atoms with Crippen LogP contribution in [-0.2, 0) is 14.3 Å². The molecule has 6 heteroatoms. The topological polar surface area (TPSA) is 95.9 Å². The second-order valence-electron chi connectivity index (χ2n) is 22.8. The highest BCUT2D eigenvalue weighted by Gasteiger charge is 2.20. The Morgan fingerprint density at radius 3 is 0.986 bits per heavy atom. The number of amides is 1. The molecule has 428 valence electrons. The first-order chi connectivity index (χ1) is 35.5. The normalized spacial score (nSPS) is 12.6. The average molecular weight is 1020 g/mol. The molecule has 0 aliphatic carbocycles. The van der Waals surface area contributed by atoms with Crippen LogP contribution < -0.4 is 5.32 Å². The third-order valence-electron chi connectivity index (χ3n) is 15.6. The molecule has 0 saturated heterocycles. The van der Waals surface area contributed by atoms with Gasteiger partial charge in [-0.05, 0) is 51.4 Å². The summed E-state index contributed by atoms with van der Waals surface area (Å²) in [6, 6.07) is -0.549. The van der Waals surface area contributed by atoms with Crippen LogP contribution in [0, 0.1) is 0 Å². The van der Waals surface area contributed by atoms with Crippen molar-refractivity contribution in [1.29, 1.82) is 0 Å². The van der Waals surface area contributed by atoms with Gasteiger partial charge in [0, 0.05) is 12.8 Å². The van der Waals surface area contributed by atoms with Gasteiger partial charge in [-0.25, -0.2) is 0 Å². The number of nitrogens with one attached hydrogen (secondary N) is 1. The fraction of sp³-hybridized carbons (Fsp3) is 0.939. The average Bonchev–Trinajstić information content (AvgIpc) is 3.38. The largest absolute Gasteiger partial charge is 0.466 e. The predicted octanol–water partition coefficient (Wildman–Crippen LogP) is 20.8. The van der Waals surface area contributed by atoms with E-state index in [9.17, 15) is 19.8 Å². The molecule has 0 radical (unpaired) electrons. The summed E-state index contributed by atoms with van der Waals surface area (Å²) >= 11 is 0. The molecule has 0 spiro atoms. The highest BCUT2D eigenvalue weighted by atomic mass is 16.5. The molecule has 3 N–H and O–H groups in total. The molecule has 2 unspecified atom stereocenters. The van der Waals surface area contributed by atoms with E-state index in [1.807, 2.05) is 0 Å². The lowest BCUT2D eigenvalue weighted by molar-refractivity contribution is -0.143. The van der Waals surface area contributed by atoms with Crippen molar-refractivity contribution in [3.63, 3.8) is 0 Å². The SMILES string of the molecule is CCCCCCCC/C=C\CCCCCCCCCCCC(=O)OCCCCCCCCCCCCCCCCCC(=O)NC(CO)C(O)CCCCCCCCCCCCCCCCCCCCCCC. The quantitative estimate of drug-likeness (QED) is 0.0320. The Kier molecular flexibility index (Phi) is 60.9.